The van der Waals surface area contributed by atoms with E-state index in [4.69, 9.17) is 16.2 Å². The van der Waals surface area contributed by atoms with Crippen molar-refractivity contribution in [1.82, 2.24) is 15.1 Å². The number of hydrogen-bond donors (Lipinski definition) is 5. The van der Waals surface area contributed by atoms with Gasteiger partial charge in [-0.05, 0) is 39.5 Å². The van der Waals surface area contributed by atoms with Crippen LogP contribution in [0.4, 0.5) is 0 Å². The zero-order valence-electron chi connectivity index (χ0n) is 17.0. The first-order valence-corrected chi connectivity index (χ1v) is 10.0. The Bertz CT molecular complexity index is 603. The monoisotopic (exact) mass is 415 g/mol. The molecule has 11 heteroatoms. The van der Waals surface area contributed by atoms with E-state index in [1.54, 1.807) is 4.90 Å². The second-order valence-corrected chi connectivity index (χ2v) is 7.70. The Labute approximate surface area is 170 Å². The van der Waals surface area contributed by atoms with Crippen molar-refractivity contribution in [3.63, 3.8) is 0 Å². The average Bonchev–Trinajstić information content (AvgIpc) is 3.31. The lowest BCUT2D eigenvalue weighted by atomic mass is 10.1. The quantitative estimate of drug-likeness (QED) is 0.273. The van der Waals surface area contributed by atoms with Gasteiger partial charge >= 0.3 is 0 Å². The molecule has 0 spiro atoms. The summed E-state index contributed by atoms with van der Waals surface area (Å²) in [4.78, 5) is 40.3. The Hall–Kier alpha value is -1.79. The Morgan fingerprint density at radius 3 is 2.45 bits per heavy atom. The van der Waals surface area contributed by atoms with Gasteiger partial charge in [0, 0.05) is 13.1 Å². The number of ether oxygens (including phenoxy) is 1. The van der Waals surface area contributed by atoms with Crippen molar-refractivity contribution in [2.24, 2.45) is 11.5 Å². The van der Waals surface area contributed by atoms with Crippen molar-refractivity contribution in [3.8, 4) is 0 Å². The van der Waals surface area contributed by atoms with Crippen LogP contribution in [0.3, 0.4) is 0 Å². The van der Waals surface area contributed by atoms with Gasteiger partial charge in [0.05, 0.1) is 25.0 Å². The molecule has 0 bridgehead atoms. The number of likely N-dealkylation sites (tertiary alicyclic amines) is 2. The maximum Gasteiger partial charge on any atom is 0.243 e. The summed E-state index contributed by atoms with van der Waals surface area (Å²) < 4.78 is 5.80. The van der Waals surface area contributed by atoms with Crippen molar-refractivity contribution in [2.75, 3.05) is 19.8 Å². The molecule has 0 aromatic rings. The van der Waals surface area contributed by atoms with Gasteiger partial charge in [-0.2, -0.15) is 0 Å². The van der Waals surface area contributed by atoms with Crippen LogP contribution in [0.1, 0.15) is 39.5 Å². The third kappa shape index (κ3) is 5.43. The van der Waals surface area contributed by atoms with Crippen molar-refractivity contribution >= 4 is 17.7 Å². The SMILES string of the molecule is C[C@H](CN)OC1CC[C@@H](C(=O)N2CCC[C@H]2C(=O)N[C@H](C(N)=O)[C@@H](C)O)N1CO. The smallest absolute Gasteiger partial charge is 0.243 e. The predicted octanol–water partition coefficient (Wildman–Crippen LogP) is -2.57. The third-order valence-corrected chi connectivity index (χ3v) is 5.55. The highest BCUT2D eigenvalue weighted by Crippen LogP contribution is 2.29. The summed E-state index contributed by atoms with van der Waals surface area (Å²) in [5.41, 5.74) is 10.8. The summed E-state index contributed by atoms with van der Waals surface area (Å²) >= 11 is 0. The van der Waals surface area contributed by atoms with Gasteiger partial charge in [0.1, 0.15) is 18.3 Å². The van der Waals surface area contributed by atoms with Gasteiger partial charge in [-0.15, -0.1) is 0 Å². The molecular weight excluding hydrogens is 382 g/mol. The van der Waals surface area contributed by atoms with Gasteiger partial charge in [-0.25, -0.2) is 4.90 Å². The highest BCUT2D eigenvalue weighted by molar-refractivity contribution is 5.93. The fourth-order valence-electron chi connectivity index (χ4n) is 3.93. The molecular formula is C18H33N5O6. The number of aliphatic hydroxyl groups is 2. The summed E-state index contributed by atoms with van der Waals surface area (Å²) in [6.07, 6.45) is 0.358. The number of nitrogens with two attached hydrogens (primary N) is 2. The number of nitrogens with zero attached hydrogens (tertiary/aromatic N) is 2. The number of hydrogen-bond acceptors (Lipinski definition) is 8. The van der Waals surface area contributed by atoms with Crippen molar-refractivity contribution in [1.29, 1.82) is 0 Å². The van der Waals surface area contributed by atoms with Crippen LogP contribution in [-0.2, 0) is 19.1 Å². The van der Waals surface area contributed by atoms with Crippen molar-refractivity contribution in [2.45, 2.75) is 76.1 Å². The molecule has 2 rings (SSSR count). The number of primary amides is 1. The van der Waals surface area contributed by atoms with Gasteiger partial charge in [0.15, 0.2) is 0 Å². The van der Waals surface area contributed by atoms with E-state index in [1.807, 2.05) is 6.92 Å². The minimum Gasteiger partial charge on any atom is -0.391 e. The predicted molar refractivity (Wildman–Crippen MR) is 103 cm³/mol. The molecule has 0 aromatic heterocycles. The van der Waals surface area contributed by atoms with Crippen LogP contribution in [0.25, 0.3) is 0 Å². The first-order chi connectivity index (χ1) is 13.7. The molecule has 2 heterocycles. The number of carbonyl (C=O) groups is 3. The van der Waals surface area contributed by atoms with Crippen molar-refractivity contribution in [3.05, 3.63) is 0 Å². The van der Waals surface area contributed by atoms with E-state index in [9.17, 15) is 24.6 Å². The van der Waals surface area contributed by atoms with E-state index >= 15 is 0 Å². The van der Waals surface area contributed by atoms with E-state index in [1.165, 1.54) is 11.8 Å². The topological polar surface area (TPSA) is 171 Å². The number of rotatable bonds is 9. The molecule has 3 amide bonds. The second-order valence-electron chi connectivity index (χ2n) is 7.70. The zero-order chi connectivity index (χ0) is 21.7. The molecule has 0 radical (unpaired) electrons. The standard InChI is InChI=1S/C18H33N5O6/c1-10(8-19)29-14-6-5-13(23(14)9-24)18(28)22-7-3-4-12(22)17(27)21-15(11(2)25)16(20)26/h10-15,24-25H,3-9,19H2,1-2H3,(H2,20,26)(H,21,27)/t10-,11-,12+,13+,14?,15+/m1/s1. The summed E-state index contributed by atoms with van der Waals surface area (Å²) in [6, 6.07) is -2.59. The Morgan fingerprint density at radius 1 is 1.21 bits per heavy atom. The Balaban J connectivity index is 2.07. The van der Waals surface area contributed by atoms with Crippen LogP contribution in [0.5, 0.6) is 0 Å². The van der Waals surface area contributed by atoms with Crippen LogP contribution in [0.2, 0.25) is 0 Å². The van der Waals surface area contributed by atoms with Crippen LogP contribution < -0.4 is 16.8 Å². The fourth-order valence-corrected chi connectivity index (χ4v) is 3.93. The highest BCUT2D eigenvalue weighted by Gasteiger charge is 2.44. The Kier molecular flexibility index (Phi) is 8.34. The molecule has 11 nitrogen and oxygen atoms in total. The van der Waals surface area contributed by atoms with Crippen LogP contribution in [0.15, 0.2) is 0 Å². The second kappa shape index (κ2) is 10.3. The number of aliphatic hydroxyl groups excluding tert-OH is 2. The number of amides is 3. The minimum atomic E-state index is -1.23. The molecule has 2 saturated heterocycles. The maximum absolute atomic E-state index is 13.2. The number of carbonyl (C=O) groups excluding carboxylic acids is 3. The highest BCUT2D eigenvalue weighted by atomic mass is 16.5. The molecule has 0 aliphatic carbocycles. The maximum atomic E-state index is 13.2. The van der Waals surface area contributed by atoms with Crippen LogP contribution in [-0.4, -0.2) is 94.1 Å². The zero-order valence-corrected chi connectivity index (χ0v) is 17.0. The molecule has 166 valence electrons. The molecule has 1 unspecified atom stereocenters. The van der Waals surface area contributed by atoms with Crippen molar-refractivity contribution < 1.29 is 29.3 Å². The largest absolute Gasteiger partial charge is 0.391 e. The van der Waals surface area contributed by atoms with Gasteiger partial charge in [0.2, 0.25) is 17.7 Å². The molecule has 0 aromatic carbocycles. The summed E-state index contributed by atoms with van der Waals surface area (Å²) in [5.74, 6) is -1.64. The average molecular weight is 415 g/mol. The first-order valence-electron chi connectivity index (χ1n) is 10.0. The molecule has 2 fully saturated rings. The lowest BCUT2D eigenvalue weighted by Crippen LogP contribution is -2.57. The Morgan fingerprint density at radius 2 is 1.90 bits per heavy atom. The number of nitrogens with one attached hydrogen (secondary N) is 1. The fraction of sp³-hybridized carbons (Fsp3) is 0.833. The van der Waals surface area contributed by atoms with Gasteiger partial charge in [-0.1, -0.05) is 0 Å². The first kappa shape index (κ1) is 23.5. The molecule has 29 heavy (non-hydrogen) atoms. The van der Waals surface area contributed by atoms with E-state index in [0.29, 0.717) is 38.8 Å². The molecule has 2 aliphatic rings. The van der Waals surface area contributed by atoms with E-state index in [0.717, 1.165) is 0 Å². The van der Waals surface area contributed by atoms with Gasteiger partial charge < -0.3 is 36.6 Å². The summed E-state index contributed by atoms with van der Waals surface area (Å²) in [7, 11) is 0. The van der Waals surface area contributed by atoms with E-state index in [2.05, 4.69) is 5.32 Å². The summed E-state index contributed by atoms with van der Waals surface area (Å²) in [6.45, 7) is 3.55. The van der Waals surface area contributed by atoms with Gasteiger partial charge in [0.25, 0.3) is 0 Å². The van der Waals surface area contributed by atoms with E-state index < -0.39 is 42.3 Å². The minimum absolute atomic E-state index is 0.209. The molecule has 6 atom stereocenters. The normalized spacial score (nSPS) is 28.2. The van der Waals surface area contributed by atoms with E-state index in [-0.39, 0.29) is 18.7 Å². The molecule has 0 saturated carbocycles. The molecule has 2 aliphatic heterocycles. The lowest BCUT2D eigenvalue weighted by Gasteiger charge is -2.33. The lowest BCUT2D eigenvalue weighted by molar-refractivity contribution is -0.151. The van der Waals surface area contributed by atoms with Crippen LogP contribution >= 0.6 is 0 Å². The molecule has 7 N–H and O–H groups in total. The van der Waals surface area contributed by atoms with Gasteiger partial charge in [-0.3, -0.25) is 14.4 Å². The third-order valence-electron chi connectivity index (χ3n) is 5.55. The van der Waals surface area contributed by atoms with Crippen LogP contribution in [0, 0.1) is 0 Å². The summed E-state index contributed by atoms with van der Waals surface area (Å²) in [5, 5.41) is 21.9.